The van der Waals surface area contributed by atoms with Gasteiger partial charge in [-0.15, -0.1) is 0 Å². The maximum atomic E-state index is 12.0. The van der Waals surface area contributed by atoms with Crippen LogP contribution in [0.2, 0.25) is 0 Å². The molecule has 1 heterocycles. The maximum Gasteiger partial charge on any atom is 0.408 e. The van der Waals surface area contributed by atoms with Crippen molar-refractivity contribution in [3.63, 3.8) is 0 Å². The number of rotatable bonds is 7. The summed E-state index contributed by atoms with van der Waals surface area (Å²) in [7, 11) is 0. The molecule has 0 saturated carbocycles. The Labute approximate surface area is 161 Å². The zero-order valence-electron chi connectivity index (χ0n) is 17.5. The smallest absolute Gasteiger partial charge is 0.408 e. The molecule has 8 nitrogen and oxygen atoms in total. The van der Waals surface area contributed by atoms with Crippen LogP contribution in [0.5, 0.6) is 0 Å². The van der Waals surface area contributed by atoms with E-state index in [2.05, 4.69) is 20.9 Å². The van der Waals surface area contributed by atoms with Crippen LogP contribution in [0.15, 0.2) is 27.8 Å². The molecular weight excluding hydrogens is 348 g/mol. The minimum Gasteiger partial charge on any atom is -0.466 e. The molecule has 27 heavy (non-hydrogen) atoms. The molecule has 8 heteroatoms. The van der Waals surface area contributed by atoms with Gasteiger partial charge in [-0.3, -0.25) is 0 Å². The Kier molecular flexibility index (Phi) is 7.71. The SMILES string of the molecule is CCNC(=NCC(C)(O)c1ccco1)NCC(C)(C)NC(=O)OC(C)(C)C. The molecule has 0 aromatic carbocycles. The third kappa shape index (κ3) is 8.81. The summed E-state index contributed by atoms with van der Waals surface area (Å²) in [6.07, 6.45) is 1.04. The molecule has 0 saturated heterocycles. The third-order valence-corrected chi connectivity index (χ3v) is 3.48. The van der Waals surface area contributed by atoms with Crippen molar-refractivity contribution in [2.24, 2.45) is 4.99 Å². The van der Waals surface area contributed by atoms with Gasteiger partial charge in [0.15, 0.2) is 5.96 Å². The van der Waals surface area contributed by atoms with Crippen LogP contribution in [-0.2, 0) is 10.3 Å². The zero-order chi connectivity index (χ0) is 20.7. The van der Waals surface area contributed by atoms with Gasteiger partial charge in [-0.25, -0.2) is 9.79 Å². The molecule has 1 atom stereocenters. The van der Waals surface area contributed by atoms with Crippen LogP contribution in [0.25, 0.3) is 0 Å². The second kappa shape index (κ2) is 9.12. The highest BCUT2D eigenvalue weighted by Crippen LogP contribution is 2.21. The normalized spacial score (nSPS) is 15.0. The highest BCUT2D eigenvalue weighted by molar-refractivity contribution is 5.80. The molecule has 4 N–H and O–H groups in total. The monoisotopic (exact) mass is 382 g/mol. The summed E-state index contributed by atoms with van der Waals surface area (Å²) in [6.45, 7) is 14.0. The molecule has 154 valence electrons. The van der Waals surface area contributed by atoms with Crippen molar-refractivity contribution in [2.75, 3.05) is 19.6 Å². The first kappa shape index (κ1) is 22.8. The molecule has 1 aromatic heterocycles. The second-order valence-corrected chi connectivity index (χ2v) is 8.31. The maximum absolute atomic E-state index is 12.0. The van der Waals surface area contributed by atoms with Crippen molar-refractivity contribution in [1.82, 2.24) is 16.0 Å². The number of hydrogen-bond donors (Lipinski definition) is 4. The average Bonchev–Trinajstić information content (AvgIpc) is 3.02. The molecule has 0 fully saturated rings. The fourth-order valence-electron chi connectivity index (χ4n) is 2.17. The van der Waals surface area contributed by atoms with Gasteiger partial charge in [-0.1, -0.05) is 0 Å². The summed E-state index contributed by atoms with van der Waals surface area (Å²) in [5.74, 6) is 0.984. The Morgan fingerprint density at radius 1 is 1.22 bits per heavy atom. The van der Waals surface area contributed by atoms with Crippen molar-refractivity contribution >= 4 is 12.1 Å². The Balaban J connectivity index is 2.66. The van der Waals surface area contributed by atoms with E-state index in [1.807, 2.05) is 41.5 Å². The number of alkyl carbamates (subject to hydrolysis) is 1. The quantitative estimate of drug-likeness (QED) is 0.426. The van der Waals surface area contributed by atoms with Crippen LogP contribution >= 0.6 is 0 Å². The number of nitrogens with one attached hydrogen (secondary N) is 3. The van der Waals surface area contributed by atoms with E-state index in [1.54, 1.807) is 19.1 Å². The second-order valence-electron chi connectivity index (χ2n) is 8.31. The van der Waals surface area contributed by atoms with Gasteiger partial charge >= 0.3 is 6.09 Å². The van der Waals surface area contributed by atoms with Gasteiger partial charge in [0, 0.05) is 13.1 Å². The topological polar surface area (TPSA) is 108 Å². The molecule has 0 aliphatic heterocycles. The van der Waals surface area contributed by atoms with Gasteiger partial charge in [0.05, 0.1) is 18.3 Å². The molecule has 0 aliphatic carbocycles. The van der Waals surface area contributed by atoms with E-state index in [0.717, 1.165) is 0 Å². The lowest BCUT2D eigenvalue weighted by molar-refractivity contribution is 0.0437. The van der Waals surface area contributed by atoms with Gasteiger partial charge in [0.1, 0.15) is 17.0 Å². The van der Waals surface area contributed by atoms with E-state index in [1.165, 1.54) is 6.26 Å². The van der Waals surface area contributed by atoms with Crippen LogP contribution in [0, 0.1) is 0 Å². The van der Waals surface area contributed by atoms with Crippen molar-refractivity contribution in [3.05, 3.63) is 24.2 Å². The minimum atomic E-state index is -1.21. The predicted octanol–water partition coefficient (Wildman–Crippen LogP) is 2.35. The Hall–Kier alpha value is -2.22. The highest BCUT2D eigenvalue weighted by Gasteiger charge is 2.27. The highest BCUT2D eigenvalue weighted by atomic mass is 16.6. The average molecular weight is 383 g/mol. The summed E-state index contributed by atoms with van der Waals surface area (Å²) in [5, 5.41) is 19.6. The molecule has 1 unspecified atom stereocenters. The molecule has 0 bridgehead atoms. The van der Waals surface area contributed by atoms with Crippen LogP contribution in [0.4, 0.5) is 4.79 Å². The number of guanidine groups is 1. The van der Waals surface area contributed by atoms with Gasteiger partial charge in [-0.2, -0.15) is 0 Å². The minimum absolute atomic E-state index is 0.121. The Morgan fingerprint density at radius 3 is 2.41 bits per heavy atom. The molecule has 0 radical (unpaired) electrons. The number of ether oxygens (including phenoxy) is 1. The van der Waals surface area contributed by atoms with Crippen molar-refractivity contribution < 1.29 is 19.1 Å². The number of furan rings is 1. The molecule has 0 spiro atoms. The lowest BCUT2D eigenvalue weighted by Gasteiger charge is -2.29. The molecule has 1 amide bonds. The predicted molar refractivity (Wildman–Crippen MR) is 106 cm³/mol. The van der Waals surface area contributed by atoms with E-state index in [-0.39, 0.29) is 6.54 Å². The van der Waals surface area contributed by atoms with Gasteiger partial charge in [-0.05, 0) is 60.6 Å². The van der Waals surface area contributed by atoms with Crippen molar-refractivity contribution in [3.8, 4) is 0 Å². The van der Waals surface area contributed by atoms with E-state index < -0.39 is 22.8 Å². The summed E-state index contributed by atoms with van der Waals surface area (Å²) >= 11 is 0. The molecule has 0 aliphatic rings. The number of aliphatic imine (C=N–C) groups is 1. The van der Waals surface area contributed by atoms with Crippen molar-refractivity contribution in [2.45, 2.75) is 65.2 Å². The van der Waals surface area contributed by atoms with E-state index in [0.29, 0.717) is 24.8 Å². The van der Waals surface area contributed by atoms with Crippen molar-refractivity contribution in [1.29, 1.82) is 0 Å². The van der Waals surface area contributed by atoms with Crippen LogP contribution in [-0.4, -0.2) is 47.9 Å². The first-order valence-electron chi connectivity index (χ1n) is 9.14. The number of aliphatic hydroxyl groups is 1. The molecule has 1 rings (SSSR count). The first-order valence-corrected chi connectivity index (χ1v) is 9.14. The molecular formula is C19H34N4O4. The van der Waals surface area contributed by atoms with Gasteiger partial charge in [0.2, 0.25) is 0 Å². The van der Waals surface area contributed by atoms with E-state index in [9.17, 15) is 9.90 Å². The fourth-order valence-corrected chi connectivity index (χ4v) is 2.17. The standard InChI is InChI=1S/C19H34N4O4/c1-8-20-15(22-13-19(7,25)14-10-9-11-26-14)21-12-18(5,6)23-16(24)27-17(2,3)4/h9-11,25H,8,12-13H2,1-7H3,(H,23,24)(H2,20,21,22). The summed E-state index contributed by atoms with van der Waals surface area (Å²) < 4.78 is 10.6. The Bertz CT molecular complexity index is 616. The van der Waals surface area contributed by atoms with E-state index >= 15 is 0 Å². The lowest BCUT2D eigenvalue weighted by atomic mass is 10.0. The summed E-state index contributed by atoms with van der Waals surface area (Å²) in [5.41, 5.74) is -2.33. The van der Waals surface area contributed by atoms with Gasteiger partial charge < -0.3 is 30.2 Å². The number of carbonyl (C=O) groups excluding carboxylic acids is 1. The van der Waals surface area contributed by atoms with Crippen LogP contribution in [0.3, 0.4) is 0 Å². The van der Waals surface area contributed by atoms with Crippen LogP contribution in [0.1, 0.15) is 54.2 Å². The van der Waals surface area contributed by atoms with Crippen LogP contribution < -0.4 is 16.0 Å². The zero-order valence-corrected chi connectivity index (χ0v) is 17.5. The summed E-state index contributed by atoms with van der Waals surface area (Å²) in [6, 6.07) is 3.44. The number of nitrogens with zero attached hydrogens (tertiary/aromatic N) is 1. The van der Waals surface area contributed by atoms with Gasteiger partial charge in [0.25, 0.3) is 0 Å². The first-order chi connectivity index (χ1) is 12.3. The Morgan fingerprint density at radius 2 is 1.89 bits per heavy atom. The number of hydrogen-bond acceptors (Lipinski definition) is 5. The summed E-state index contributed by atoms with van der Waals surface area (Å²) in [4.78, 5) is 16.4. The number of carbonyl (C=O) groups is 1. The number of amides is 1. The molecule has 1 aromatic rings. The fraction of sp³-hybridized carbons (Fsp3) is 0.684. The largest absolute Gasteiger partial charge is 0.466 e. The van der Waals surface area contributed by atoms with E-state index in [4.69, 9.17) is 9.15 Å². The third-order valence-electron chi connectivity index (χ3n) is 3.48. The lowest BCUT2D eigenvalue weighted by Crippen LogP contribution is -2.54.